The molecule has 0 saturated carbocycles. The highest BCUT2D eigenvalue weighted by Crippen LogP contribution is 2.21. The Labute approximate surface area is 152 Å². The molecule has 0 aliphatic rings. The summed E-state index contributed by atoms with van der Waals surface area (Å²) in [6, 6.07) is 22.8. The topological polar surface area (TPSA) is 18.0 Å². The van der Waals surface area contributed by atoms with Crippen molar-refractivity contribution in [2.45, 2.75) is 6.73 Å². The molecular weight excluding hydrogens is 399 g/mol. The smallest absolute Gasteiger partial charge is 0.247 e. The van der Waals surface area contributed by atoms with Gasteiger partial charge in [-0.1, -0.05) is 42.5 Å². The lowest BCUT2D eigenvalue weighted by Crippen LogP contribution is -3.00. The fourth-order valence-corrected chi connectivity index (χ4v) is 2.84. The molecule has 0 aliphatic carbocycles. The number of para-hydroxylation sites is 2. The summed E-state index contributed by atoms with van der Waals surface area (Å²) in [5.74, 6) is 0.888. The van der Waals surface area contributed by atoms with Crippen molar-refractivity contribution in [1.82, 2.24) is 4.57 Å². The number of fused-ring (bicyclic) bond motifs is 2. The van der Waals surface area contributed by atoms with E-state index in [1.807, 2.05) is 12.1 Å². The highest BCUT2D eigenvalue weighted by atomic mass is 127. The van der Waals surface area contributed by atoms with Gasteiger partial charge in [-0.25, -0.2) is 4.57 Å². The van der Waals surface area contributed by atoms with E-state index in [0.717, 1.165) is 5.75 Å². The van der Waals surface area contributed by atoms with Gasteiger partial charge in [0.05, 0.1) is 7.05 Å². The summed E-state index contributed by atoms with van der Waals surface area (Å²) >= 11 is 0. The van der Waals surface area contributed by atoms with Gasteiger partial charge in [-0.05, 0) is 35.0 Å². The van der Waals surface area contributed by atoms with Gasteiger partial charge in [-0.3, -0.25) is 0 Å². The highest BCUT2D eigenvalue weighted by molar-refractivity contribution is 5.83. The molecule has 1 heterocycles. The Morgan fingerprint density at radius 3 is 2.52 bits per heavy atom. The summed E-state index contributed by atoms with van der Waals surface area (Å²) in [5.41, 5.74) is 2.37. The number of aromatic nitrogens is 2. The molecule has 0 saturated heterocycles. The third kappa shape index (κ3) is 3.03. The lowest BCUT2D eigenvalue weighted by atomic mass is 10.1. The van der Waals surface area contributed by atoms with Gasteiger partial charge in [0.25, 0.3) is 0 Å². The summed E-state index contributed by atoms with van der Waals surface area (Å²) in [6.45, 7) is 0.500. The van der Waals surface area contributed by atoms with Gasteiger partial charge in [0.15, 0.2) is 11.0 Å². The second kappa shape index (κ2) is 6.58. The van der Waals surface area contributed by atoms with E-state index in [2.05, 4.69) is 77.1 Å². The Morgan fingerprint density at radius 2 is 1.65 bits per heavy atom. The van der Waals surface area contributed by atoms with Crippen LogP contribution in [-0.2, 0) is 13.8 Å². The normalized spacial score (nSPS) is 10.7. The first-order valence-electron chi connectivity index (χ1n) is 7.36. The first-order chi connectivity index (χ1) is 10.8. The van der Waals surface area contributed by atoms with Crippen molar-refractivity contribution in [3.8, 4) is 5.75 Å². The fourth-order valence-electron chi connectivity index (χ4n) is 2.84. The first-order valence-corrected chi connectivity index (χ1v) is 7.36. The Kier molecular flexibility index (Phi) is 4.52. The summed E-state index contributed by atoms with van der Waals surface area (Å²) in [4.78, 5) is 0. The zero-order valence-corrected chi connectivity index (χ0v) is 15.0. The molecule has 4 rings (SSSR count). The molecular formula is C19H17IN2O. The largest absolute Gasteiger partial charge is 1.00 e. The molecule has 0 radical (unpaired) electrons. The Morgan fingerprint density at radius 1 is 0.913 bits per heavy atom. The summed E-state index contributed by atoms with van der Waals surface area (Å²) in [7, 11) is 2.05. The lowest BCUT2D eigenvalue weighted by Gasteiger charge is -2.05. The Balaban J connectivity index is 0.00000156. The number of aryl methyl sites for hydroxylation is 1. The molecule has 3 nitrogen and oxygen atoms in total. The summed E-state index contributed by atoms with van der Waals surface area (Å²) < 4.78 is 10.2. The van der Waals surface area contributed by atoms with Crippen LogP contribution in [0.3, 0.4) is 0 Å². The van der Waals surface area contributed by atoms with Crippen LogP contribution >= 0.6 is 0 Å². The van der Waals surface area contributed by atoms with Crippen molar-refractivity contribution in [3.05, 3.63) is 73.1 Å². The van der Waals surface area contributed by atoms with Gasteiger partial charge in [0.1, 0.15) is 5.75 Å². The maximum atomic E-state index is 5.97. The summed E-state index contributed by atoms with van der Waals surface area (Å²) in [5, 5.41) is 2.43. The summed E-state index contributed by atoms with van der Waals surface area (Å²) in [6.07, 6.45) is 2.06. The predicted molar refractivity (Wildman–Crippen MR) is 87.7 cm³/mol. The van der Waals surface area contributed by atoms with Crippen LogP contribution in [0.4, 0.5) is 0 Å². The van der Waals surface area contributed by atoms with E-state index in [1.54, 1.807) is 0 Å². The van der Waals surface area contributed by atoms with Gasteiger partial charge < -0.3 is 28.7 Å². The highest BCUT2D eigenvalue weighted by Gasteiger charge is 2.12. The minimum absolute atomic E-state index is 0. The second-order valence-electron chi connectivity index (χ2n) is 5.47. The molecule has 116 valence electrons. The predicted octanol–water partition coefficient (Wildman–Crippen LogP) is 0.659. The van der Waals surface area contributed by atoms with E-state index in [-0.39, 0.29) is 24.0 Å². The SMILES string of the molecule is C[n+]1cn(COc2ccc3ccccc3c2)c2ccccc21.[I-]. The minimum atomic E-state index is 0. The quantitative estimate of drug-likeness (QED) is 0.355. The molecule has 0 fully saturated rings. The van der Waals surface area contributed by atoms with Gasteiger partial charge >= 0.3 is 0 Å². The number of benzene rings is 3. The monoisotopic (exact) mass is 416 g/mol. The molecule has 0 N–H and O–H groups in total. The number of hydrogen-bond donors (Lipinski definition) is 0. The van der Waals surface area contributed by atoms with Crippen LogP contribution in [0.1, 0.15) is 0 Å². The molecule has 0 amide bonds. The van der Waals surface area contributed by atoms with Gasteiger partial charge in [-0.2, -0.15) is 4.57 Å². The van der Waals surface area contributed by atoms with E-state index in [9.17, 15) is 0 Å². The minimum Gasteiger partial charge on any atom is -1.00 e. The van der Waals surface area contributed by atoms with Crippen LogP contribution in [-0.4, -0.2) is 4.57 Å². The standard InChI is InChI=1S/C19H17N2O.HI/c1-20-13-21(19-9-5-4-8-18(19)20)14-22-17-11-10-15-6-2-3-7-16(15)12-17;/h2-13H,14H2,1H3;1H/q+1;/p-1. The van der Waals surface area contributed by atoms with Gasteiger partial charge in [0, 0.05) is 0 Å². The zero-order chi connectivity index (χ0) is 14.9. The molecule has 0 unspecified atom stereocenters. The van der Waals surface area contributed by atoms with Crippen LogP contribution < -0.4 is 33.3 Å². The Bertz CT molecular complexity index is 962. The molecule has 0 bridgehead atoms. The van der Waals surface area contributed by atoms with E-state index in [0.29, 0.717) is 6.73 Å². The molecule has 0 spiro atoms. The van der Waals surface area contributed by atoms with Crippen molar-refractivity contribution in [2.75, 3.05) is 0 Å². The fraction of sp³-hybridized carbons (Fsp3) is 0.105. The van der Waals surface area contributed by atoms with Crippen LogP contribution in [0.15, 0.2) is 73.1 Å². The van der Waals surface area contributed by atoms with Crippen LogP contribution in [0.25, 0.3) is 21.8 Å². The molecule has 3 aromatic carbocycles. The van der Waals surface area contributed by atoms with Gasteiger partial charge in [-0.15, -0.1) is 0 Å². The molecule has 4 aromatic rings. The number of imidazole rings is 1. The van der Waals surface area contributed by atoms with Crippen molar-refractivity contribution >= 4 is 21.8 Å². The number of hydrogen-bond acceptors (Lipinski definition) is 1. The molecule has 23 heavy (non-hydrogen) atoms. The maximum absolute atomic E-state index is 5.97. The van der Waals surface area contributed by atoms with E-state index in [4.69, 9.17) is 4.74 Å². The van der Waals surface area contributed by atoms with Gasteiger partial charge in [0.2, 0.25) is 13.1 Å². The van der Waals surface area contributed by atoms with Crippen molar-refractivity contribution in [3.63, 3.8) is 0 Å². The second-order valence-corrected chi connectivity index (χ2v) is 5.47. The number of nitrogens with zero attached hydrogens (tertiary/aromatic N) is 2. The first kappa shape index (κ1) is 15.8. The number of rotatable bonds is 3. The van der Waals surface area contributed by atoms with Crippen molar-refractivity contribution in [1.29, 1.82) is 0 Å². The van der Waals surface area contributed by atoms with Crippen molar-refractivity contribution in [2.24, 2.45) is 7.05 Å². The average Bonchev–Trinajstić information content (AvgIpc) is 2.89. The average molecular weight is 416 g/mol. The number of halogens is 1. The van der Waals surface area contributed by atoms with Crippen LogP contribution in [0, 0.1) is 0 Å². The lowest BCUT2D eigenvalue weighted by molar-refractivity contribution is -0.646. The zero-order valence-electron chi connectivity index (χ0n) is 12.8. The Hall–Kier alpha value is -2.08. The molecule has 0 atom stereocenters. The van der Waals surface area contributed by atoms with E-state index < -0.39 is 0 Å². The van der Waals surface area contributed by atoms with E-state index >= 15 is 0 Å². The van der Waals surface area contributed by atoms with Crippen LogP contribution in [0.2, 0.25) is 0 Å². The third-order valence-corrected chi connectivity index (χ3v) is 3.97. The van der Waals surface area contributed by atoms with E-state index in [1.165, 1.54) is 21.8 Å². The molecule has 0 aliphatic heterocycles. The maximum Gasteiger partial charge on any atom is 0.247 e. The molecule has 1 aromatic heterocycles. The molecule has 4 heteroatoms. The number of ether oxygens (including phenoxy) is 1. The van der Waals surface area contributed by atoms with Crippen molar-refractivity contribution < 1.29 is 33.3 Å². The van der Waals surface area contributed by atoms with Crippen LogP contribution in [0.5, 0.6) is 5.75 Å². The third-order valence-electron chi connectivity index (χ3n) is 3.97.